The van der Waals surface area contributed by atoms with Crippen LogP contribution < -0.4 is 11.1 Å². The van der Waals surface area contributed by atoms with E-state index in [9.17, 15) is 9.59 Å². The summed E-state index contributed by atoms with van der Waals surface area (Å²) in [7, 11) is 0. The van der Waals surface area contributed by atoms with Crippen molar-refractivity contribution in [3.63, 3.8) is 0 Å². The number of aryl methyl sites for hydroxylation is 2. The molecule has 1 atom stereocenters. The van der Waals surface area contributed by atoms with E-state index < -0.39 is 5.91 Å². The van der Waals surface area contributed by atoms with Crippen molar-refractivity contribution >= 4 is 11.8 Å². The number of aromatic nitrogens is 5. The lowest BCUT2D eigenvalue weighted by atomic mass is 9.94. The van der Waals surface area contributed by atoms with Gasteiger partial charge in [0, 0.05) is 18.7 Å². The van der Waals surface area contributed by atoms with E-state index in [-0.39, 0.29) is 11.8 Å². The van der Waals surface area contributed by atoms with Crippen LogP contribution in [0.15, 0.2) is 37.1 Å². The third-order valence-corrected chi connectivity index (χ3v) is 5.13. The zero-order chi connectivity index (χ0) is 19.7. The van der Waals surface area contributed by atoms with Crippen LogP contribution in [0.1, 0.15) is 38.4 Å². The number of fused-ring (bicyclic) bond motifs is 1. The Bertz CT molecular complexity index is 1020. The van der Waals surface area contributed by atoms with Crippen molar-refractivity contribution in [2.75, 3.05) is 6.54 Å². The summed E-state index contributed by atoms with van der Waals surface area (Å²) in [5.41, 5.74) is 9.08. The van der Waals surface area contributed by atoms with Crippen LogP contribution >= 0.6 is 0 Å². The molecule has 144 valence electrons. The van der Waals surface area contributed by atoms with Gasteiger partial charge in [-0.05, 0) is 49.4 Å². The molecule has 0 radical (unpaired) electrons. The lowest BCUT2D eigenvalue weighted by Gasteiger charge is -2.24. The number of carbonyl (C=O) groups excluding carboxylic acids is 2. The van der Waals surface area contributed by atoms with Gasteiger partial charge in [-0.3, -0.25) is 14.3 Å². The number of carbonyl (C=O) groups is 2. The Hall–Kier alpha value is -3.49. The van der Waals surface area contributed by atoms with Crippen LogP contribution in [-0.4, -0.2) is 42.9 Å². The fourth-order valence-electron chi connectivity index (χ4n) is 3.60. The van der Waals surface area contributed by atoms with Crippen LogP contribution in [0.5, 0.6) is 0 Å². The summed E-state index contributed by atoms with van der Waals surface area (Å²) < 4.78 is 3.47. The highest BCUT2D eigenvalue weighted by atomic mass is 16.2. The predicted molar refractivity (Wildman–Crippen MR) is 101 cm³/mol. The third kappa shape index (κ3) is 3.38. The second kappa shape index (κ2) is 7.26. The highest BCUT2D eigenvalue weighted by Gasteiger charge is 2.24. The van der Waals surface area contributed by atoms with E-state index >= 15 is 0 Å². The molecule has 4 rings (SSSR count). The van der Waals surface area contributed by atoms with Gasteiger partial charge < -0.3 is 11.1 Å². The van der Waals surface area contributed by atoms with Crippen molar-refractivity contribution in [2.45, 2.75) is 26.3 Å². The van der Waals surface area contributed by atoms with Crippen LogP contribution in [-0.2, 0) is 13.0 Å². The molecule has 0 aliphatic carbocycles. The highest BCUT2D eigenvalue weighted by Crippen LogP contribution is 2.22. The van der Waals surface area contributed by atoms with Crippen LogP contribution in [0.4, 0.5) is 0 Å². The Kier molecular flexibility index (Phi) is 4.64. The molecule has 3 N–H and O–H groups in total. The van der Waals surface area contributed by atoms with Crippen LogP contribution in [0, 0.1) is 12.8 Å². The number of nitrogens with zero attached hydrogens (tertiary/aromatic N) is 5. The predicted octanol–water partition coefficient (Wildman–Crippen LogP) is 0.864. The molecule has 3 heterocycles. The molecule has 0 bridgehead atoms. The summed E-state index contributed by atoms with van der Waals surface area (Å²) in [5, 5.41) is 11.3. The lowest BCUT2D eigenvalue weighted by molar-refractivity contribution is 0.0941. The fraction of sp³-hybridized carbons (Fsp3) is 0.316. The molecule has 9 nitrogen and oxygen atoms in total. The normalized spacial score (nSPS) is 15.8. The Balaban J connectivity index is 1.41. The Morgan fingerprint density at radius 2 is 2.14 bits per heavy atom. The van der Waals surface area contributed by atoms with E-state index in [0.29, 0.717) is 24.1 Å². The van der Waals surface area contributed by atoms with Crippen LogP contribution in [0.25, 0.3) is 5.69 Å². The first-order valence-electron chi connectivity index (χ1n) is 9.11. The molecule has 0 saturated heterocycles. The van der Waals surface area contributed by atoms with Gasteiger partial charge in [-0.2, -0.15) is 10.2 Å². The zero-order valence-electron chi connectivity index (χ0n) is 15.5. The molecular formula is C19H21N7O2. The summed E-state index contributed by atoms with van der Waals surface area (Å²) in [6.45, 7) is 3.15. The van der Waals surface area contributed by atoms with E-state index in [1.54, 1.807) is 17.1 Å². The second-order valence-corrected chi connectivity index (χ2v) is 7.00. The largest absolute Gasteiger partial charge is 0.365 e. The third-order valence-electron chi connectivity index (χ3n) is 5.13. The van der Waals surface area contributed by atoms with Gasteiger partial charge in [-0.15, -0.1) is 0 Å². The number of nitrogens with two attached hydrogens (primary N) is 1. The number of primary amides is 1. The molecule has 2 aromatic heterocycles. The Morgan fingerprint density at radius 3 is 2.86 bits per heavy atom. The molecule has 1 aliphatic rings. The van der Waals surface area contributed by atoms with Crippen molar-refractivity contribution in [3.05, 3.63) is 59.4 Å². The fourth-order valence-corrected chi connectivity index (χ4v) is 3.60. The molecule has 0 spiro atoms. The maximum Gasteiger partial charge on any atom is 0.252 e. The first-order chi connectivity index (χ1) is 13.5. The second-order valence-electron chi connectivity index (χ2n) is 7.00. The number of rotatable bonds is 5. The molecule has 0 fully saturated rings. The molecule has 1 aromatic carbocycles. The van der Waals surface area contributed by atoms with Crippen molar-refractivity contribution in [1.82, 2.24) is 29.9 Å². The first kappa shape index (κ1) is 17.9. The number of nitrogens with one attached hydrogen (secondary N) is 1. The lowest BCUT2D eigenvalue weighted by Crippen LogP contribution is -2.34. The van der Waals surface area contributed by atoms with E-state index in [1.165, 1.54) is 12.5 Å². The number of benzene rings is 1. The van der Waals surface area contributed by atoms with Gasteiger partial charge in [0.25, 0.3) is 11.8 Å². The number of hydrogen-bond donors (Lipinski definition) is 2. The minimum Gasteiger partial charge on any atom is -0.365 e. The summed E-state index contributed by atoms with van der Waals surface area (Å²) >= 11 is 0. The smallest absolute Gasteiger partial charge is 0.252 e. The zero-order valence-corrected chi connectivity index (χ0v) is 15.5. The van der Waals surface area contributed by atoms with Crippen molar-refractivity contribution in [2.24, 2.45) is 11.7 Å². The molecule has 1 unspecified atom stereocenters. The molecule has 1 aliphatic heterocycles. The quantitative estimate of drug-likeness (QED) is 0.681. The molecule has 0 saturated carbocycles. The molecular weight excluding hydrogens is 358 g/mol. The monoisotopic (exact) mass is 379 g/mol. The standard InChI is InChI=1S/C19H21N7O2/c1-12-6-14(26-11-21-10-24-26)2-3-15(12)19(28)22-8-13-4-5-25-17(7-13)16(9-23-25)18(20)27/h2-3,6,9-11,13H,4-5,7-8H2,1H3,(H2,20,27)(H,22,28). The summed E-state index contributed by atoms with van der Waals surface area (Å²) in [5.74, 6) is -0.341. The van der Waals surface area contributed by atoms with E-state index in [4.69, 9.17) is 5.73 Å². The summed E-state index contributed by atoms with van der Waals surface area (Å²) in [6, 6.07) is 5.54. The average molecular weight is 379 g/mol. The van der Waals surface area contributed by atoms with Gasteiger partial charge in [0.05, 0.1) is 23.1 Å². The maximum absolute atomic E-state index is 12.6. The molecule has 28 heavy (non-hydrogen) atoms. The summed E-state index contributed by atoms with van der Waals surface area (Å²) in [6.07, 6.45) is 6.16. The van der Waals surface area contributed by atoms with Gasteiger partial charge in [-0.1, -0.05) is 0 Å². The first-order valence-corrected chi connectivity index (χ1v) is 9.11. The van der Waals surface area contributed by atoms with Crippen molar-refractivity contribution < 1.29 is 9.59 Å². The van der Waals surface area contributed by atoms with Gasteiger partial charge >= 0.3 is 0 Å². The van der Waals surface area contributed by atoms with Crippen LogP contribution in [0.2, 0.25) is 0 Å². The molecule has 2 amide bonds. The minimum absolute atomic E-state index is 0.114. The van der Waals surface area contributed by atoms with E-state index in [1.807, 2.05) is 23.7 Å². The average Bonchev–Trinajstić information content (AvgIpc) is 3.35. The maximum atomic E-state index is 12.6. The Morgan fingerprint density at radius 1 is 1.29 bits per heavy atom. The van der Waals surface area contributed by atoms with E-state index in [2.05, 4.69) is 20.5 Å². The van der Waals surface area contributed by atoms with Crippen LogP contribution in [0.3, 0.4) is 0 Å². The summed E-state index contributed by atoms with van der Waals surface area (Å²) in [4.78, 5) is 28.1. The van der Waals surface area contributed by atoms with Gasteiger partial charge in [-0.25, -0.2) is 9.67 Å². The van der Waals surface area contributed by atoms with E-state index in [0.717, 1.165) is 29.9 Å². The van der Waals surface area contributed by atoms with Crippen molar-refractivity contribution in [1.29, 1.82) is 0 Å². The topological polar surface area (TPSA) is 121 Å². The SMILES string of the molecule is Cc1cc(-n2cncn2)ccc1C(=O)NCC1CCn2ncc(C(N)=O)c2C1. The molecule has 3 aromatic rings. The van der Waals surface area contributed by atoms with Gasteiger partial charge in [0.1, 0.15) is 12.7 Å². The Labute approximate surface area is 161 Å². The number of amides is 2. The molecule has 9 heteroatoms. The number of hydrogen-bond acceptors (Lipinski definition) is 5. The van der Waals surface area contributed by atoms with Gasteiger partial charge in [0.2, 0.25) is 0 Å². The van der Waals surface area contributed by atoms with Gasteiger partial charge in [0.15, 0.2) is 0 Å². The minimum atomic E-state index is -0.464. The highest BCUT2D eigenvalue weighted by molar-refractivity contribution is 5.96. The van der Waals surface area contributed by atoms with Crippen molar-refractivity contribution in [3.8, 4) is 5.69 Å².